The molecule has 3 aromatic heterocycles. The van der Waals surface area contributed by atoms with Gasteiger partial charge in [-0.25, -0.2) is 0 Å². The Bertz CT molecular complexity index is 4180. The molecule has 21 rings (SSSR count). The fraction of sp³-hybridized carbons (Fsp3) is 0.294. The van der Waals surface area contributed by atoms with Crippen LogP contribution in [0.15, 0.2) is 160 Å². The van der Waals surface area contributed by atoms with Gasteiger partial charge in [-0.05, 0) is 223 Å². The van der Waals surface area contributed by atoms with Crippen molar-refractivity contribution in [2.75, 3.05) is 4.81 Å². The van der Waals surface area contributed by atoms with Crippen LogP contribution in [0.3, 0.4) is 0 Å². The fourth-order valence-corrected chi connectivity index (χ4v) is 19.2. The first-order valence-electron chi connectivity index (χ1n) is 28.0. The quantitative estimate of drug-likeness (QED) is 0.165. The summed E-state index contributed by atoms with van der Waals surface area (Å²) in [5, 5.41) is 7.55. The van der Waals surface area contributed by atoms with Gasteiger partial charge in [0, 0.05) is 49.3 Å². The van der Waals surface area contributed by atoms with Crippen molar-refractivity contribution in [2.24, 2.45) is 35.5 Å². The molecule has 8 fully saturated rings. The molecule has 10 aliphatic rings. The summed E-state index contributed by atoms with van der Waals surface area (Å²) in [5.41, 5.74) is 21.6. The Morgan fingerprint density at radius 1 is 0.438 bits per heavy atom. The van der Waals surface area contributed by atoms with Gasteiger partial charge in [0.1, 0.15) is 16.7 Å². The smallest absolute Gasteiger partial charge is 0.333 e. The molecule has 0 saturated heterocycles. The number of hydrogen-bond acceptors (Lipinski definition) is 3. The highest BCUT2D eigenvalue weighted by Crippen LogP contribution is 2.63. The number of furan rings is 2. The molecule has 5 heteroatoms. The Morgan fingerprint density at radius 3 is 1.71 bits per heavy atom. The minimum atomic E-state index is -0.121. The van der Waals surface area contributed by atoms with E-state index in [0.717, 1.165) is 74.0 Å². The van der Waals surface area contributed by atoms with Gasteiger partial charge in [0.25, 0.3) is 0 Å². The second-order valence-electron chi connectivity index (χ2n) is 25.2. The predicted octanol–water partition coefficient (Wildman–Crippen LogP) is 16.4. The highest BCUT2D eigenvalue weighted by Gasteiger charge is 2.54. The molecular weight excluding hydrogens is 888 g/mol. The Hall–Kier alpha value is -6.98. The number of rotatable bonds is 4. The van der Waals surface area contributed by atoms with Crippen molar-refractivity contribution in [3.8, 4) is 27.9 Å². The summed E-state index contributed by atoms with van der Waals surface area (Å²) in [4.78, 5) is 2.74. The second-order valence-corrected chi connectivity index (χ2v) is 25.2. The van der Waals surface area contributed by atoms with Crippen molar-refractivity contribution in [3.05, 3.63) is 163 Å². The highest BCUT2D eigenvalue weighted by atomic mass is 16.3. The molecule has 0 N–H and O–H groups in total. The van der Waals surface area contributed by atoms with E-state index in [0.29, 0.717) is 5.41 Å². The first-order chi connectivity index (χ1) is 36.0. The van der Waals surface area contributed by atoms with Gasteiger partial charge in [-0.3, -0.25) is 0 Å². The summed E-state index contributed by atoms with van der Waals surface area (Å²) in [6.45, 7) is -0.121. The molecule has 352 valence electrons. The molecule has 0 amide bonds. The molecule has 0 atom stereocenters. The molecule has 11 aromatic rings. The van der Waals surface area contributed by atoms with Crippen molar-refractivity contribution in [1.29, 1.82) is 0 Å². The number of nitrogens with zero attached hydrogens (tertiary/aromatic N) is 2. The molecule has 8 bridgehead atoms. The largest absolute Gasteiger partial charge is 0.456 e. The predicted molar refractivity (Wildman–Crippen MR) is 300 cm³/mol. The average molecular weight is 943 g/mol. The summed E-state index contributed by atoms with van der Waals surface area (Å²) < 4.78 is 16.8. The lowest BCUT2D eigenvalue weighted by Gasteiger charge is -2.57. The molecule has 0 unspecified atom stereocenters. The van der Waals surface area contributed by atoms with E-state index < -0.39 is 0 Å². The van der Waals surface area contributed by atoms with Crippen molar-refractivity contribution < 1.29 is 8.83 Å². The lowest BCUT2D eigenvalue weighted by Crippen LogP contribution is -2.61. The van der Waals surface area contributed by atoms with E-state index in [1.165, 1.54) is 154 Å². The van der Waals surface area contributed by atoms with Gasteiger partial charge >= 0.3 is 6.85 Å². The Kier molecular flexibility index (Phi) is 7.36. The lowest BCUT2D eigenvalue weighted by molar-refractivity contribution is -0.00526. The zero-order chi connectivity index (χ0) is 47.1. The average Bonchev–Trinajstić information content (AvgIpc) is 4.10. The van der Waals surface area contributed by atoms with E-state index in [4.69, 9.17) is 8.83 Å². The van der Waals surface area contributed by atoms with Crippen LogP contribution in [-0.4, -0.2) is 11.4 Å². The SMILES string of the molecule is c1ccc(-c2ccc(N3B4c5c(cc6c(oc7ccccc76)c5-n5c6ccc(C78CC9CC(CC(C9)C7)C8)cc6c6cc(C78CC9CC(CC(C9)C7)C8)cc4c65)-c4cc5oc6ccccc6c5cc43)cc2)cc1. The van der Waals surface area contributed by atoms with Crippen LogP contribution in [0, 0.1) is 35.5 Å². The summed E-state index contributed by atoms with van der Waals surface area (Å²) in [7, 11) is 0. The third kappa shape index (κ3) is 5.15. The van der Waals surface area contributed by atoms with E-state index in [2.05, 4.69) is 161 Å². The second kappa shape index (κ2) is 13.6. The zero-order valence-corrected chi connectivity index (χ0v) is 41.2. The molecule has 2 aliphatic heterocycles. The number of anilines is 2. The molecule has 73 heavy (non-hydrogen) atoms. The molecule has 0 spiro atoms. The van der Waals surface area contributed by atoms with Crippen LogP contribution in [0.1, 0.15) is 88.2 Å². The van der Waals surface area contributed by atoms with Crippen molar-refractivity contribution in [1.82, 2.24) is 4.57 Å². The maximum absolute atomic E-state index is 7.31. The normalized spacial score (nSPS) is 27.9. The van der Waals surface area contributed by atoms with E-state index in [-0.39, 0.29) is 12.3 Å². The lowest BCUT2D eigenvalue weighted by atomic mass is 9.42. The summed E-state index contributed by atoms with van der Waals surface area (Å²) in [6, 6.07) is 58.5. The van der Waals surface area contributed by atoms with Crippen LogP contribution in [0.2, 0.25) is 0 Å². The number of aromatic nitrogens is 1. The monoisotopic (exact) mass is 942 g/mol. The fourth-order valence-electron chi connectivity index (χ4n) is 19.2. The zero-order valence-electron chi connectivity index (χ0n) is 41.2. The molecule has 8 aliphatic carbocycles. The minimum Gasteiger partial charge on any atom is -0.456 e. The molecule has 0 radical (unpaired) electrons. The van der Waals surface area contributed by atoms with Gasteiger partial charge < -0.3 is 18.2 Å². The maximum Gasteiger partial charge on any atom is 0.333 e. The van der Waals surface area contributed by atoms with Crippen LogP contribution in [0.5, 0.6) is 0 Å². The number of benzene rings is 8. The van der Waals surface area contributed by atoms with E-state index in [1.807, 2.05) is 0 Å². The van der Waals surface area contributed by atoms with Crippen molar-refractivity contribution in [3.63, 3.8) is 0 Å². The van der Waals surface area contributed by atoms with Crippen LogP contribution in [0.25, 0.3) is 93.6 Å². The molecular formula is C68H55BN2O2. The van der Waals surface area contributed by atoms with Gasteiger partial charge in [-0.2, -0.15) is 0 Å². The number of fused-ring (bicyclic) bond motifs is 14. The topological polar surface area (TPSA) is 34.5 Å². The van der Waals surface area contributed by atoms with Crippen LogP contribution < -0.4 is 15.7 Å². The van der Waals surface area contributed by atoms with Gasteiger partial charge in [0.05, 0.1) is 16.7 Å². The molecule has 8 saturated carbocycles. The molecule has 4 nitrogen and oxygen atoms in total. The Balaban J connectivity index is 0.959. The summed E-state index contributed by atoms with van der Waals surface area (Å²) in [5.74, 6) is 5.23. The molecule has 8 aromatic carbocycles. The first-order valence-corrected chi connectivity index (χ1v) is 28.0. The van der Waals surface area contributed by atoms with Gasteiger partial charge in [-0.15, -0.1) is 0 Å². The Morgan fingerprint density at radius 2 is 1.03 bits per heavy atom. The minimum absolute atomic E-state index is 0.121. The van der Waals surface area contributed by atoms with Crippen LogP contribution >= 0.6 is 0 Å². The number of hydrogen-bond donors (Lipinski definition) is 0. The number of para-hydroxylation sites is 2. The van der Waals surface area contributed by atoms with Gasteiger partial charge in [0.2, 0.25) is 0 Å². The summed E-state index contributed by atoms with van der Waals surface area (Å²) >= 11 is 0. The van der Waals surface area contributed by atoms with E-state index in [9.17, 15) is 0 Å². The van der Waals surface area contributed by atoms with Crippen molar-refractivity contribution in [2.45, 2.75) is 87.9 Å². The van der Waals surface area contributed by atoms with Crippen LogP contribution in [-0.2, 0) is 10.8 Å². The van der Waals surface area contributed by atoms with E-state index in [1.54, 1.807) is 11.1 Å². The Labute approximate surface area is 425 Å². The maximum atomic E-state index is 7.31. The van der Waals surface area contributed by atoms with Gasteiger partial charge in [-0.1, -0.05) is 91.0 Å². The third-order valence-electron chi connectivity index (χ3n) is 21.2. The highest BCUT2D eigenvalue weighted by molar-refractivity contribution is 6.94. The standard InChI is InChI=1S/C68H55BN2O2/c1-2-8-44(9-3-1)45-14-17-48(18-15-45)71-59-30-53-49-10-4-6-12-60(49)72-62(53)31-52(59)54-29-56-50-11-5-7-13-61(50)73-66(56)65-63(54)69(71)57-28-47(68-35-41-23-42(36-68)25-43(24-41)37-68)27-55-51-26-46(16-19-58(51)70(65)64(55)57)67-32-38-20-39(33-67)22-40(21-38)34-67/h1-19,26-31,38-43H,20-25,32-37H2. The summed E-state index contributed by atoms with van der Waals surface area (Å²) in [6.07, 6.45) is 16.8. The van der Waals surface area contributed by atoms with Crippen molar-refractivity contribution >= 4 is 94.8 Å². The van der Waals surface area contributed by atoms with Crippen LogP contribution in [0.4, 0.5) is 11.4 Å². The third-order valence-corrected chi connectivity index (χ3v) is 21.2. The van der Waals surface area contributed by atoms with Gasteiger partial charge in [0.15, 0.2) is 5.58 Å². The molecule has 5 heterocycles. The first kappa shape index (κ1) is 39.5. The van der Waals surface area contributed by atoms with E-state index >= 15 is 0 Å².